The van der Waals surface area contributed by atoms with Gasteiger partial charge in [0.15, 0.2) is 0 Å². The van der Waals surface area contributed by atoms with Crippen molar-refractivity contribution in [2.45, 2.75) is 30.2 Å². The van der Waals surface area contributed by atoms with Crippen molar-refractivity contribution in [2.75, 3.05) is 0 Å². The third kappa shape index (κ3) is 4.14. The molecule has 6 nitrogen and oxygen atoms in total. The van der Waals surface area contributed by atoms with Crippen molar-refractivity contribution in [3.8, 4) is 0 Å². The summed E-state index contributed by atoms with van der Waals surface area (Å²) in [5.74, 6) is 0. The molecule has 0 amide bonds. The van der Waals surface area contributed by atoms with Gasteiger partial charge in [-0.05, 0) is 55.8 Å². The molecule has 4 rings (SSSR count). The Kier molecular flexibility index (Phi) is 5.47. The van der Waals surface area contributed by atoms with Crippen LogP contribution in [0, 0.1) is 13.8 Å². The maximum atomic E-state index is 13.1. The Morgan fingerprint density at radius 2 is 1.32 bits per heavy atom. The molecule has 4 aromatic rings. The van der Waals surface area contributed by atoms with Gasteiger partial charge in [-0.15, -0.1) is 0 Å². The van der Waals surface area contributed by atoms with Gasteiger partial charge in [0.05, 0.1) is 21.9 Å². The summed E-state index contributed by atoms with van der Waals surface area (Å²) in [5, 5.41) is 0.609. The first-order valence-electron chi connectivity index (χ1n) is 9.56. The number of fused-ring (bicyclic) bond motifs is 1. The van der Waals surface area contributed by atoms with Crippen LogP contribution in [-0.4, -0.2) is 20.8 Å². The van der Waals surface area contributed by atoms with Crippen molar-refractivity contribution in [1.29, 1.82) is 0 Å². The number of benzene rings is 3. The molecule has 0 saturated heterocycles. The number of hydrogen-bond acceptors (Lipinski definition) is 5. The summed E-state index contributed by atoms with van der Waals surface area (Å²) in [7, 11) is -7.73. The zero-order valence-corrected chi connectivity index (χ0v) is 18.7. The van der Waals surface area contributed by atoms with Crippen molar-refractivity contribution in [3.63, 3.8) is 0 Å². The van der Waals surface area contributed by atoms with Crippen LogP contribution in [0.15, 0.2) is 88.8 Å². The molecule has 0 saturated carbocycles. The quantitative estimate of drug-likeness (QED) is 0.403. The summed E-state index contributed by atoms with van der Waals surface area (Å²) in [4.78, 5) is 0.254. The van der Waals surface area contributed by atoms with E-state index < -0.39 is 20.1 Å². The molecule has 0 atom stereocenters. The van der Waals surface area contributed by atoms with E-state index in [0.29, 0.717) is 16.5 Å². The summed E-state index contributed by atoms with van der Waals surface area (Å²) >= 11 is 0. The van der Waals surface area contributed by atoms with Crippen molar-refractivity contribution < 1.29 is 21.0 Å². The summed E-state index contributed by atoms with van der Waals surface area (Å²) in [5.41, 5.74) is 2.94. The standard InChI is InChI=1S/C23H21NO5S2/c1-17-6-10-20(11-7-17)30(25,26)24-15-14-22-19(4-3-5-23(22)24)16-29-31(27,28)21-12-8-18(2)9-13-21/h3-15H,16H2,1-2H3. The van der Waals surface area contributed by atoms with Crippen LogP contribution in [-0.2, 0) is 30.9 Å². The molecular formula is C23H21NO5S2. The molecular weight excluding hydrogens is 434 g/mol. The first-order chi connectivity index (χ1) is 14.7. The van der Waals surface area contributed by atoms with E-state index in [2.05, 4.69) is 0 Å². The van der Waals surface area contributed by atoms with Crippen LogP contribution in [0.1, 0.15) is 16.7 Å². The second kappa shape index (κ2) is 7.96. The van der Waals surface area contributed by atoms with Gasteiger partial charge in [0.1, 0.15) is 0 Å². The molecule has 0 spiro atoms. The molecule has 0 aliphatic heterocycles. The largest absolute Gasteiger partial charge is 0.297 e. The van der Waals surface area contributed by atoms with Crippen LogP contribution in [0.25, 0.3) is 10.9 Å². The predicted octanol–water partition coefficient (Wildman–Crippen LogP) is 4.40. The normalized spacial score (nSPS) is 12.3. The average molecular weight is 456 g/mol. The zero-order valence-electron chi connectivity index (χ0n) is 17.0. The lowest BCUT2D eigenvalue weighted by molar-refractivity contribution is 0.309. The monoisotopic (exact) mass is 455 g/mol. The molecule has 0 radical (unpaired) electrons. The van der Waals surface area contributed by atoms with Crippen LogP contribution in [0.3, 0.4) is 0 Å². The van der Waals surface area contributed by atoms with E-state index >= 15 is 0 Å². The van der Waals surface area contributed by atoms with Crippen LogP contribution >= 0.6 is 0 Å². The maximum absolute atomic E-state index is 13.1. The van der Waals surface area contributed by atoms with Gasteiger partial charge in [-0.2, -0.15) is 8.42 Å². The Bertz CT molecular complexity index is 1450. The molecule has 8 heteroatoms. The Morgan fingerprint density at radius 3 is 1.94 bits per heavy atom. The minimum atomic E-state index is -3.94. The number of aryl methyl sites for hydroxylation is 2. The van der Waals surface area contributed by atoms with Gasteiger partial charge in [-0.1, -0.05) is 47.5 Å². The van der Waals surface area contributed by atoms with Gasteiger partial charge in [-0.25, -0.2) is 12.4 Å². The highest BCUT2D eigenvalue weighted by molar-refractivity contribution is 7.90. The number of aromatic nitrogens is 1. The minimum absolute atomic E-state index is 0.0739. The molecule has 160 valence electrons. The predicted molar refractivity (Wildman–Crippen MR) is 119 cm³/mol. The van der Waals surface area contributed by atoms with Crippen LogP contribution in [0.4, 0.5) is 0 Å². The molecule has 0 bridgehead atoms. The fourth-order valence-corrected chi connectivity index (χ4v) is 5.51. The maximum Gasteiger partial charge on any atom is 0.297 e. The van der Waals surface area contributed by atoms with Gasteiger partial charge in [0, 0.05) is 11.6 Å². The highest BCUT2D eigenvalue weighted by Crippen LogP contribution is 2.26. The van der Waals surface area contributed by atoms with E-state index in [4.69, 9.17) is 4.18 Å². The fourth-order valence-electron chi connectivity index (χ4n) is 3.28. The van der Waals surface area contributed by atoms with Crippen molar-refractivity contribution in [3.05, 3.63) is 95.7 Å². The molecule has 3 aromatic carbocycles. The topological polar surface area (TPSA) is 82.4 Å². The second-order valence-electron chi connectivity index (χ2n) is 7.31. The second-order valence-corrected chi connectivity index (χ2v) is 10.7. The van der Waals surface area contributed by atoms with Gasteiger partial charge < -0.3 is 0 Å². The molecule has 31 heavy (non-hydrogen) atoms. The number of hydrogen-bond donors (Lipinski definition) is 0. The van der Waals surface area contributed by atoms with E-state index in [-0.39, 0.29) is 16.4 Å². The van der Waals surface area contributed by atoms with Crippen LogP contribution in [0.2, 0.25) is 0 Å². The number of nitrogens with zero attached hydrogens (tertiary/aromatic N) is 1. The van der Waals surface area contributed by atoms with Crippen molar-refractivity contribution >= 4 is 31.0 Å². The molecule has 0 N–H and O–H groups in total. The molecule has 0 aliphatic rings. The van der Waals surface area contributed by atoms with E-state index in [1.807, 2.05) is 13.8 Å². The van der Waals surface area contributed by atoms with Crippen molar-refractivity contribution in [2.24, 2.45) is 0 Å². The third-order valence-electron chi connectivity index (χ3n) is 5.04. The highest BCUT2D eigenvalue weighted by Gasteiger charge is 2.21. The molecule has 1 heterocycles. The molecule has 0 unspecified atom stereocenters. The van der Waals surface area contributed by atoms with Gasteiger partial charge in [0.25, 0.3) is 20.1 Å². The Labute approximate surface area is 181 Å². The van der Waals surface area contributed by atoms with E-state index in [9.17, 15) is 16.8 Å². The Morgan fingerprint density at radius 1 is 0.742 bits per heavy atom. The fraction of sp³-hybridized carbons (Fsp3) is 0.130. The lowest BCUT2D eigenvalue weighted by Gasteiger charge is -2.10. The highest BCUT2D eigenvalue weighted by atomic mass is 32.2. The molecule has 0 aliphatic carbocycles. The Balaban J connectivity index is 1.66. The lowest BCUT2D eigenvalue weighted by Crippen LogP contribution is -2.12. The lowest BCUT2D eigenvalue weighted by atomic mass is 10.1. The smallest absolute Gasteiger partial charge is 0.262 e. The molecule has 0 fully saturated rings. The summed E-state index contributed by atoms with van der Waals surface area (Å²) in [6.45, 7) is 3.55. The van der Waals surface area contributed by atoms with E-state index in [0.717, 1.165) is 11.1 Å². The van der Waals surface area contributed by atoms with Crippen molar-refractivity contribution in [1.82, 2.24) is 3.97 Å². The summed E-state index contributed by atoms with van der Waals surface area (Å²) < 4.78 is 57.7. The average Bonchev–Trinajstić information content (AvgIpc) is 3.18. The minimum Gasteiger partial charge on any atom is -0.262 e. The number of rotatable bonds is 6. The zero-order chi connectivity index (χ0) is 22.2. The first-order valence-corrected chi connectivity index (χ1v) is 12.4. The van der Waals surface area contributed by atoms with Crippen LogP contribution in [0.5, 0.6) is 0 Å². The SMILES string of the molecule is Cc1ccc(S(=O)(=O)OCc2cccc3c2ccn3S(=O)(=O)c2ccc(C)cc2)cc1. The van der Waals surface area contributed by atoms with E-state index in [1.54, 1.807) is 60.7 Å². The third-order valence-corrected chi connectivity index (χ3v) is 8.03. The van der Waals surface area contributed by atoms with E-state index in [1.165, 1.54) is 22.3 Å². The summed E-state index contributed by atoms with van der Waals surface area (Å²) in [6, 6.07) is 19.7. The Hall–Kier alpha value is -2.94. The first kappa shape index (κ1) is 21.3. The summed E-state index contributed by atoms with van der Waals surface area (Å²) in [6.07, 6.45) is 1.47. The van der Waals surface area contributed by atoms with Gasteiger partial charge in [-0.3, -0.25) is 4.18 Å². The molecule has 1 aromatic heterocycles. The van der Waals surface area contributed by atoms with Gasteiger partial charge >= 0.3 is 0 Å². The van der Waals surface area contributed by atoms with Gasteiger partial charge in [0.2, 0.25) is 0 Å². The van der Waals surface area contributed by atoms with Crippen LogP contribution < -0.4 is 0 Å².